The molecule has 0 heterocycles. The van der Waals surface area contributed by atoms with E-state index in [4.69, 9.17) is 10.2 Å². The van der Waals surface area contributed by atoms with Gasteiger partial charge in [-0.05, 0) is 14.1 Å². The fourth-order valence-corrected chi connectivity index (χ4v) is 1.14. The molecule has 0 aliphatic rings. The van der Waals surface area contributed by atoms with Crippen LogP contribution in [0.25, 0.3) is 0 Å². The van der Waals surface area contributed by atoms with Gasteiger partial charge in [-0.3, -0.25) is 9.69 Å². The summed E-state index contributed by atoms with van der Waals surface area (Å²) in [4.78, 5) is 23.0. The van der Waals surface area contributed by atoms with Gasteiger partial charge in [-0.25, -0.2) is 4.79 Å². The van der Waals surface area contributed by atoms with E-state index in [1.54, 1.807) is 14.1 Å². The average molecular weight is 281 g/mol. The molecule has 0 amide bonds. The Hall–Kier alpha value is -1.26. The predicted octanol–water partition coefficient (Wildman–Crippen LogP) is -3.38. The van der Waals surface area contributed by atoms with Crippen molar-refractivity contribution in [2.75, 3.05) is 27.2 Å². The minimum atomic E-state index is -2.25. The highest BCUT2D eigenvalue weighted by atomic mass is 16.5. The molecule has 0 aliphatic heterocycles. The lowest BCUT2D eigenvalue weighted by Crippen LogP contribution is -2.49. The Morgan fingerprint density at radius 1 is 1.11 bits per heavy atom. The minimum Gasteiger partial charge on any atom is -0.479 e. The van der Waals surface area contributed by atoms with Crippen LogP contribution in [0.3, 0.4) is 0 Å². The van der Waals surface area contributed by atoms with Crippen LogP contribution < -0.4 is 0 Å². The lowest BCUT2D eigenvalue weighted by molar-refractivity contribution is -0.168. The Morgan fingerprint density at radius 3 is 2.05 bits per heavy atom. The molecule has 0 saturated heterocycles. The van der Waals surface area contributed by atoms with Crippen LogP contribution in [0.4, 0.5) is 0 Å². The average Bonchev–Trinajstić information content (AvgIpc) is 2.32. The number of hydrogen-bond donors (Lipinski definition) is 5. The first-order chi connectivity index (χ1) is 8.66. The Morgan fingerprint density at radius 2 is 1.63 bits per heavy atom. The van der Waals surface area contributed by atoms with Gasteiger partial charge in [0.1, 0.15) is 24.9 Å². The molecule has 0 unspecified atom stereocenters. The number of nitrogens with zero attached hydrogens (tertiary/aromatic N) is 1. The fourth-order valence-electron chi connectivity index (χ4n) is 1.14. The lowest BCUT2D eigenvalue weighted by Gasteiger charge is -2.24. The summed E-state index contributed by atoms with van der Waals surface area (Å²) in [6, 6.07) is 0. The number of carbonyl (C=O) groups is 2. The number of carboxylic acids is 1. The van der Waals surface area contributed by atoms with Crippen molar-refractivity contribution in [3.8, 4) is 0 Å². The molecular formula is C10H19NO8. The zero-order chi connectivity index (χ0) is 15.2. The van der Waals surface area contributed by atoms with Crippen molar-refractivity contribution in [3.05, 3.63) is 0 Å². The SMILES string of the molecule is CN(C)CC(=O)OC[C@@H](O)[C@@H](O)[C@H](O)[C@@H](O)C(=O)O. The van der Waals surface area contributed by atoms with Crippen LogP contribution in [-0.4, -0.2) is 94.0 Å². The summed E-state index contributed by atoms with van der Waals surface area (Å²) in [7, 11) is 3.25. The van der Waals surface area contributed by atoms with Crippen molar-refractivity contribution in [2.45, 2.75) is 24.4 Å². The van der Waals surface area contributed by atoms with Crippen LogP contribution in [0.1, 0.15) is 0 Å². The second-order valence-corrected chi connectivity index (χ2v) is 4.25. The largest absolute Gasteiger partial charge is 0.479 e. The second kappa shape index (κ2) is 8.02. The topological polar surface area (TPSA) is 148 Å². The maximum atomic E-state index is 11.1. The summed E-state index contributed by atoms with van der Waals surface area (Å²) in [5.74, 6) is -2.41. The molecule has 9 heteroatoms. The lowest BCUT2D eigenvalue weighted by atomic mass is 10.0. The van der Waals surface area contributed by atoms with Crippen LogP contribution in [0.15, 0.2) is 0 Å². The number of hydrogen-bond acceptors (Lipinski definition) is 8. The molecule has 0 aromatic carbocycles. The van der Waals surface area contributed by atoms with Crippen molar-refractivity contribution in [1.29, 1.82) is 0 Å². The number of carboxylic acid groups (broad SMARTS) is 1. The van der Waals surface area contributed by atoms with E-state index in [1.165, 1.54) is 4.90 Å². The van der Waals surface area contributed by atoms with Gasteiger partial charge in [0.05, 0.1) is 6.54 Å². The van der Waals surface area contributed by atoms with E-state index >= 15 is 0 Å². The van der Waals surface area contributed by atoms with Gasteiger partial charge in [-0.2, -0.15) is 0 Å². The molecule has 19 heavy (non-hydrogen) atoms. The third kappa shape index (κ3) is 6.45. The summed E-state index contributed by atoms with van der Waals surface area (Å²) in [6.07, 6.45) is -8.02. The molecule has 0 rings (SSSR count). The highest BCUT2D eigenvalue weighted by Crippen LogP contribution is 2.06. The molecule has 112 valence electrons. The van der Waals surface area contributed by atoms with Crippen LogP contribution in [0.5, 0.6) is 0 Å². The van der Waals surface area contributed by atoms with Crippen molar-refractivity contribution in [3.63, 3.8) is 0 Å². The maximum absolute atomic E-state index is 11.1. The molecule has 0 saturated carbocycles. The van der Waals surface area contributed by atoms with E-state index in [2.05, 4.69) is 4.74 Å². The summed E-state index contributed by atoms with van der Waals surface area (Å²) in [6.45, 7) is -0.666. The van der Waals surface area contributed by atoms with E-state index in [0.29, 0.717) is 0 Å². The third-order valence-corrected chi connectivity index (χ3v) is 2.18. The number of ether oxygens (including phenoxy) is 1. The molecule has 4 atom stereocenters. The molecular weight excluding hydrogens is 262 g/mol. The van der Waals surface area contributed by atoms with E-state index in [0.717, 1.165) is 0 Å². The Balaban J connectivity index is 4.23. The van der Waals surface area contributed by atoms with E-state index in [-0.39, 0.29) is 6.54 Å². The monoisotopic (exact) mass is 281 g/mol. The Bertz CT molecular complexity index is 308. The van der Waals surface area contributed by atoms with Gasteiger partial charge in [0.15, 0.2) is 6.10 Å². The minimum absolute atomic E-state index is 0.0386. The van der Waals surface area contributed by atoms with Gasteiger partial charge in [-0.1, -0.05) is 0 Å². The number of esters is 1. The van der Waals surface area contributed by atoms with E-state index < -0.39 is 43.0 Å². The first-order valence-corrected chi connectivity index (χ1v) is 5.42. The maximum Gasteiger partial charge on any atom is 0.335 e. The Labute approximate surface area is 109 Å². The number of likely N-dealkylation sites (N-methyl/N-ethyl adjacent to an activating group) is 1. The standard InChI is InChI=1S/C10H19NO8/c1-11(2)3-6(13)19-4-5(12)7(14)8(15)9(16)10(17)18/h5,7-9,12,14-16H,3-4H2,1-2H3,(H,17,18)/t5-,7-,8+,9-/m1/s1. The zero-order valence-electron chi connectivity index (χ0n) is 10.6. The molecule has 5 N–H and O–H groups in total. The van der Waals surface area contributed by atoms with Crippen LogP contribution in [-0.2, 0) is 14.3 Å². The number of aliphatic hydroxyl groups is 4. The first kappa shape index (κ1) is 17.7. The molecule has 0 aliphatic carbocycles. The van der Waals surface area contributed by atoms with E-state index in [1.807, 2.05) is 0 Å². The zero-order valence-corrected chi connectivity index (χ0v) is 10.6. The number of carbonyl (C=O) groups excluding carboxylic acids is 1. The van der Waals surface area contributed by atoms with Crippen LogP contribution in [0, 0.1) is 0 Å². The third-order valence-electron chi connectivity index (χ3n) is 2.18. The van der Waals surface area contributed by atoms with Crippen molar-refractivity contribution in [1.82, 2.24) is 4.90 Å². The second-order valence-electron chi connectivity index (χ2n) is 4.25. The van der Waals surface area contributed by atoms with Gasteiger partial charge in [0, 0.05) is 0 Å². The number of aliphatic carboxylic acids is 1. The quantitative estimate of drug-likeness (QED) is 0.287. The normalized spacial score (nSPS) is 17.6. The highest BCUT2D eigenvalue weighted by Gasteiger charge is 2.34. The molecule has 0 aromatic rings. The fraction of sp³-hybridized carbons (Fsp3) is 0.800. The summed E-state index contributed by atoms with van der Waals surface area (Å²) in [5, 5.41) is 45.4. The molecule has 0 radical (unpaired) electrons. The van der Waals surface area contributed by atoms with Crippen LogP contribution >= 0.6 is 0 Å². The first-order valence-electron chi connectivity index (χ1n) is 5.42. The molecule has 0 fully saturated rings. The summed E-state index contributed by atoms with van der Waals surface area (Å²) >= 11 is 0. The van der Waals surface area contributed by atoms with Gasteiger partial charge >= 0.3 is 11.9 Å². The van der Waals surface area contributed by atoms with Crippen molar-refractivity contribution < 1.29 is 39.9 Å². The molecule has 0 aromatic heterocycles. The van der Waals surface area contributed by atoms with Gasteiger partial charge < -0.3 is 30.3 Å². The number of rotatable bonds is 8. The van der Waals surface area contributed by atoms with Gasteiger partial charge in [-0.15, -0.1) is 0 Å². The summed E-state index contributed by atoms with van der Waals surface area (Å²) < 4.78 is 4.60. The van der Waals surface area contributed by atoms with E-state index in [9.17, 15) is 24.9 Å². The summed E-state index contributed by atoms with van der Waals surface area (Å²) in [5.41, 5.74) is 0. The smallest absolute Gasteiger partial charge is 0.335 e. The van der Waals surface area contributed by atoms with Crippen LogP contribution in [0.2, 0.25) is 0 Å². The van der Waals surface area contributed by atoms with Crippen molar-refractivity contribution >= 4 is 11.9 Å². The predicted molar refractivity (Wildman–Crippen MR) is 61.2 cm³/mol. The molecule has 9 nitrogen and oxygen atoms in total. The van der Waals surface area contributed by atoms with Crippen molar-refractivity contribution in [2.24, 2.45) is 0 Å². The molecule has 0 spiro atoms. The number of aliphatic hydroxyl groups excluding tert-OH is 4. The Kier molecular flexibility index (Phi) is 7.49. The highest BCUT2D eigenvalue weighted by molar-refractivity contribution is 5.73. The molecule has 0 bridgehead atoms. The van der Waals surface area contributed by atoms with Gasteiger partial charge in [0.2, 0.25) is 0 Å². The van der Waals surface area contributed by atoms with Gasteiger partial charge in [0.25, 0.3) is 0 Å².